The van der Waals surface area contributed by atoms with Crippen LogP contribution in [0, 0.1) is 5.82 Å². The SMILES string of the molecule is CCC(=O)c1ccc(Br)cc1F. The summed E-state index contributed by atoms with van der Waals surface area (Å²) in [6.45, 7) is 1.71. The lowest BCUT2D eigenvalue weighted by Crippen LogP contribution is -1.99. The van der Waals surface area contributed by atoms with E-state index in [1.54, 1.807) is 13.0 Å². The summed E-state index contributed by atoms with van der Waals surface area (Å²) in [5.74, 6) is -0.628. The minimum absolute atomic E-state index is 0.167. The molecule has 0 heterocycles. The summed E-state index contributed by atoms with van der Waals surface area (Å²) in [7, 11) is 0. The summed E-state index contributed by atoms with van der Waals surface area (Å²) in [4.78, 5) is 11.1. The lowest BCUT2D eigenvalue weighted by Gasteiger charge is -1.99. The van der Waals surface area contributed by atoms with Gasteiger partial charge in [-0.2, -0.15) is 0 Å². The molecule has 0 bridgehead atoms. The molecule has 0 aliphatic rings. The average molecular weight is 231 g/mol. The first-order chi connectivity index (χ1) is 5.65. The molecule has 0 aliphatic heterocycles. The van der Waals surface area contributed by atoms with E-state index in [9.17, 15) is 9.18 Å². The van der Waals surface area contributed by atoms with E-state index in [-0.39, 0.29) is 11.3 Å². The van der Waals surface area contributed by atoms with Gasteiger partial charge in [0.15, 0.2) is 5.78 Å². The maximum atomic E-state index is 13.0. The minimum atomic E-state index is -0.462. The maximum Gasteiger partial charge on any atom is 0.165 e. The second kappa shape index (κ2) is 3.81. The molecule has 0 N–H and O–H groups in total. The highest BCUT2D eigenvalue weighted by molar-refractivity contribution is 9.10. The molecule has 0 aromatic heterocycles. The zero-order valence-electron chi connectivity index (χ0n) is 6.60. The van der Waals surface area contributed by atoms with Crippen molar-refractivity contribution in [2.24, 2.45) is 0 Å². The van der Waals surface area contributed by atoms with Crippen molar-refractivity contribution in [3.63, 3.8) is 0 Å². The number of hydrogen-bond donors (Lipinski definition) is 0. The van der Waals surface area contributed by atoms with Gasteiger partial charge in [-0.05, 0) is 18.2 Å². The molecule has 0 fully saturated rings. The Morgan fingerprint density at radius 1 is 1.58 bits per heavy atom. The fourth-order valence-electron chi connectivity index (χ4n) is 0.906. The van der Waals surface area contributed by atoms with E-state index in [0.29, 0.717) is 10.9 Å². The third-order valence-electron chi connectivity index (χ3n) is 1.55. The van der Waals surface area contributed by atoms with Gasteiger partial charge in [-0.25, -0.2) is 4.39 Å². The number of benzene rings is 1. The topological polar surface area (TPSA) is 17.1 Å². The summed E-state index contributed by atoms with van der Waals surface area (Å²) < 4.78 is 13.7. The molecule has 1 nitrogen and oxygen atoms in total. The Morgan fingerprint density at radius 2 is 2.25 bits per heavy atom. The largest absolute Gasteiger partial charge is 0.294 e. The first-order valence-electron chi connectivity index (χ1n) is 3.63. The van der Waals surface area contributed by atoms with Gasteiger partial charge in [-0.15, -0.1) is 0 Å². The average Bonchev–Trinajstić information content (AvgIpc) is 2.03. The van der Waals surface area contributed by atoms with Crippen LogP contribution in [0.15, 0.2) is 22.7 Å². The zero-order chi connectivity index (χ0) is 9.14. The maximum absolute atomic E-state index is 13.0. The molecule has 0 spiro atoms. The molecule has 1 rings (SSSR count). The number of hydrogen-bond acceptors (Lipinski definition) is 1. The molecule has 0 aliphatic carbocycles. The number of Topliss-reactive ketones (excluding diaryl/α,β-unsaturated/α-hetero) is 1. The number of carbonyl (C=O) groups excluding carboxylic acids is 1. The van der Waals surface area contributed by atoms with E-state index in [1.807, 2.05) is 0 Å². The molecule has 64 valence electrons. The Bertz CT molecular complexity index is 309. The molecule has 1 aromatic carbocycles. The third kappa shape index (κ3) is 1.91. The van der Waals surface area contributed by atoms with Crippen LogP contribution in [0.4, 0.5) is 4.39 Å². The summed E-state index contributed by atoms with van der Waals surface area (Å²) in [5.41, 5.74) is 0.167. The van der Waals surface area contributed by atoms with Crippen molar-refractivity contribution < 1.29 is 9.18 Å². The van der Waals surface area contributed by atoms with Crippen LogP contribution in [-0.2, 0) is 0 Å². The molecular weight excluding hydrogens is 223 g/mol. The van der Waals surface area contributed by atoms with Crippen LogP contribution in [0.3, 0.4) is 0 Å². The molecule has 12 heavy (non-hydrogen) atoms. The van der Waals surface area contributed by atoms with Crippen molar-refractivity contribution in [2.45, 2.75) is 13.3 Å². The first kappa shape index (κ1) is 9.39. The minimum Gasteiger partial charge on any atom is -0.294 e. The molecule has 0 saturated heterocycles. The molecule has 0 saturated carbocycles. The van der Waals surface area contributed by atoms with Gasteiger partial charge >= 0.3 is 0 Å². The van der Waals surface area contributed by atoms with Crippen molar-refractivity contribution in [2.75, 3.05) is 0 Å². The highest BCUT2D eigenvalue weighted by Crippen LogP contribution is 2.16. The van der Waals surface area contributed by atoms with Crippen LogP contribution in [-0.4, -0.2) is 5.78 Å². The van der Waals surface area contributed by atoms with E-state index < -0.39 is 5.82 Å². The van der Waals surface area contributed by atoms with Crippen LogP contribution in [0.25, 0.3) is 0 Å². The summed E-state index contributed by atoms with van der Waals surface area (Å²) in [6, 6.07) is 4.44. The fraction of sp³-hybridized carbons (Fsp3) is 0.222. The van der Waals surface area contributed by atoms with Gasteiger partial charge < -0.3 is 0 Å². The molecule has 1 aromatic rings. The second-order valence-corrected chi connectivity index (χ2v) is 3.32. The van der Waals surface area contributed by atoms with E-state index in [2.05, 4.69) is 15.9 Å². The van der Waals surface area contributed by atoms with Crippen LogP contribution in [0.1, 0.15) is 23.7 Å². The standard InChI is InChI=1S/C9H8BrFO/c1-2-9(12)7-4-3-6(10)5-8(7)11/h3-5H,2H2,1H3. The third-order valence-corrected chi connectivity index (χ3v) is 2.05. The molecule has 0 atom stereocenters. The molecule has 0 radical (unpaired) electrons. The number of carbonyl (C=O) groups is 1. The van der Waals surface area contributed by atoms with Gasteiger partial charge in [0.25, 0.3) is 0 Å². The highest BCUT2D eigenvalue weighted by atomic mass is 79.9. The van der Waals surface area contributed by atoms with Crippen LogP contribution < -0.4 is 0 Å². The summed E-state index contributed by atoms with van der Waals surface area (Å²) >= 11 is 3.12. The quantitative estimate of drug-likeness (QED) is 0.714. The number of halogens is 2. The number of rotatable bonds is 2. The van der Waals surface area contributed by atoms with Gasteiger partial charge in [0.05, 0.1) is 5.56 Å². The van der Waals surface area contributed by atoms with Crippen molar-refractivity contribution >= 4 is 21.7 Å². The van der Waals surface area contributed by atoms with Gasteiger partial charge in [0.1, 0.15) is 5.82 Å². The monoisotopic (exact) mass is 230 g/mol. The molecule has 3 heteroatoms. The van der Waals surface area contributed by atoms with E-state index in [0.717, 1.165) is 0 Å². The normalized spacial score (nSPS) is 9.92. The van der Waals surface area contributed by atoms with Crippen molar-refractivity contribution in [3.8, 4) is 0 Å². The smallest absolute Gasteiger partial charge is 0.165 e. The Kier molecular flexibility index (Phi) is 2.98. The molecular formula is C9H8BrFO. The van der Waals surface area contributed by atoms with Crippen molar-refractivity contribution in [3.05, 3.63) is 34.1 Å². The van der Waals surface area contributed by atoms with Crippen molar-refractivity contribution in [1.29, 1.82) is 0 Å². The Hall–Kier alpha value is -0.700. The lowest BCUT2D eigenvalue weighted by atomic mass is 10.1. The Morgan fingerprint density at radius 3 is 2.75 bits per heavy atom. The van der Waals surface area contributed by atoms with Crippen LogP contribution in [0.2, 0.25) is 0 Å². The summed E-state index contributed by atoms with van der Waals surface area (Å²) in [6.07, 6.45) is 0.332. The van der Waals surface area contributed by atoms with Crippen LogP contribution >= 0.6 is 15.9 Å². The molecule has 0 unspecified atom stereocenters. The lowest BCUT2D eigenvalue weighted by molar-refractivity contribution is 0.0984. The van der Waals surface area contributed by atoms with Gasteiger partial charge in [0.2, 0.25) is 0 Å². The van der Waals surface area contributed by atoms with Gasteiger partial charge in [-0.3, -0.25) is 4.79 Å². The van der Waals surface area contributed by atoms with E-state index in [4.69, 9.17) is 0 Å². The van der Waals surface area contributed by atoms with Crippen LogP contribution in [0.5, 0.6) is 0 Å². The Balaban J connectivity index is 3.09. The van der Waals surface area contributed by atoms with Gasteiger partial charge in [0, 0.05) is 10.9 Å². The summed E-state index contributed by atoms with van der Waals surface area (Å²) in [5, 5.41) is 0. The van der Waals surface area contributed by atoms with Gasteiger partial charge in [-0.1, -0.05) is 22.9 Å². The predicted octanol–water partition coefficient (Wildman–Crippen LogP) is 3.18. The van der Waals surface area contributed by atoms with E-state index >= 15 is 0 Å². The fourth-order valence-corrected chi connectivity index (χ4v) is 1.24. The predicted molar refractivity (Wildman–Crippen MR) is 48.7 cm³/mol. The Labute approximate surface area is 78.7 Å². The number of ketones is 1. The van der Waals surface area contributed by atoms with E-state index in [1.165, 1.54) is 12.1 Å². The highest BCUT2D eigenvalue weighted by Gasteiger charge is 2.08. The molecule has 0 amide bonds. The first-order valence-corrected chi connectivity index (χ1v) is 4.42. The zero-order valence-corrected chi connectivity index (χ0v) is 8.19. The van der Waals surface area contributed by atoms with Crippen molar-refractivity contribution in [1.82, 2.24) is 0 Å². The second-order valence-electron chi connectivity index (χ2n) is 2.40.